The minimum Gasteiger partial charge on any atom is -0.496 e. The van der Waals surface area contributed by atoms with Crippen LogP contribution in [0.3, 0.4) is 0 Å². The first-order valence-corrected chi connectivity index (χ1v) is 8.05. The van der Waals surface area contributed by atoms with Crippen LogP contribution in [0.1, 0.15) is 5.56 Å². The van der Waals surface area contributed by atoms with Crippen LogP contribution in [-0.2, 0) is 9.59 Å². The molecule has 2 aromatic rings. The lowest BCUT2D eigenvalue weighted by Crippen LogP contribution is -2.43. The molecule has 0 saturated heterocycles. The molecule has 1 aliphatic heterocycles. The largest absolute Gasteiger partial charge is 0.496 e. The van der Waals surface area contributed by atoms with Gasteiger partial charge in [0.2, 0.25) is 5.91 Å². The van der Waals surface area contributed by atoms with Crippen LogP contribution in [0.5, 0.6) is 11.5 Å². The van der Waals surface area contributed by atoms with Gasteiger partial charge in [-0.25, -0.2) is 0 Å². The van der Waals surface area contributed by atoms with E-state index in [0.29, 0.717) is 17.2 Å². The van der Waals surface area contributed by atoms with Crippen LogP contribution in [0.25, 0.3) is 0 Å². The van der Waals surface area contributed by atoms with E-state index < -0.39 is 10.8 Å². The van der Waals surface area contributed by atoms with E-state index in [0.717, 1.165) is 5.56 Å². The monoisotopic (exact) mass is 371 g/mol. The molecule has 0 aliphatic carbocycles. The minimum atomic E-state index is -0.614. The summed E-state index contributed by atoms with van der Waals surface area (Å²) in [4.78, 5) is 36.6. The van der Waals surface area contributed by atoms with Crippen LogP contribution in [0.4, 0.5) is 17.1 Å². The fraction of sp³-hybridized carbons (Fsp3) is 0.222. The number of methoxy groups -OCH3 is 1. The van der Waals surface area contributed by atoms with Gasteiger partial charge in [0, 0.05) is 0 Å². The Bertz CT molecular complexity index is 927. The number of nitrogens with one attached hydrogen (secondary N) is 1. The van der Waals surface area contributed by atoms with Crippen molar-refractivity contribution in [1.29, 1.82) is 0 Å². The quantitative estimate of drug-likeness (QED) is 0.638. The lowest BCUT2D eigenvalue weighted by atomic mass is 10.1. The maximum absolute atomic E-state index is 12.5. The number of hydrogen-bond donors (Lipinski definition) is 1. The van der Waals surface area contributed by atoms with E-state index in [2.05, 4.69) is 5.32 Å². The number of nitro groups is 1. The third kappa shape index (κ3) is 3.81. The Balaban J connectivity index is 1.82. The molecule has 2 aromatic carbocycles. The zero-order valence-corrected chi connectivity index (χ0v) is 14.7. The van der Waals surface area contributed by atoms with Gasteiger partial charge in [-0.2, -0.15) is 0 Å². The van der Waals surface area contributed by atoms with Gasteiger partial charge in [-0.05, 0) is 36.8 Å². The van der Waals surface area contributed by atoms with Crippen molar-refractivity contribution in [3.8, 4) is 11.5 Å². The summed E-state index contributed by atoms with van der Waals surface area (Å²) in [6.45, 7) is 1.40. The molecule has 140 valence electrons. The number of rotatable bonds is 5. The summed E-state index contributed by atoms with van der Waals surface area (Å²) in [5, 5.41) is 13.7. The average molecular weight is 371 g/mol. The molecule has 9 nitrogen and oxygen atoms in total. The Morgan fingerprint density at radius 1 is 1.33 bits per heavy atom. The fourth-order valence-corrected chi connectivity index (χ4v) is 2.71. The molecular formula is C18H17N3O6. The van der Waals surface area contributed by atoms with E-state index in [9.17, 15) is 19.7 Å². The highest BCUT2D eigenvalue weighted by Crippen LogP contribution is 2.33. The first-order valence-electron chi connectivity index (χ1n) is 8.05. The molecule has 0 saturated carbocycles. The number of hydrogen-bond acceptors (Lipinski definition) is 6. The van der Waals surface area contributed by atoms with Crippen LogP contribution in [0.15, 0.2) is 36.4 Å². The molecule has 0 bridgehead atoms. The van der Waals surface area contributed by atoms with Crippen molar-refractivity contribution < 1.29 is 24.0 Å². The van der Waals surface area contributed by atoms with E-state index in [1.54, 1.807) is 12.1 Å². The predicted molar refractivity (Wildman–Crippen MR) is 97.3 cm³/mol. The average Bonchev–Trinajstić information content (AvgIpc) is 2.64. The van der Waals surface area contributed by atoms with Gasteiger partial charge in [-0.1, -0.05) is 6.07 Å². The standard InChI is InChI=1S/C18H17N3O6/c1-11-3-6-16-15(7-11)20(18(23)10-27-16)9-17(22)19-13-5-4-12(26-2)8-14(13)21(24)25/h3-8H,9-10H2,1-2H3,(H,19,22). The number of nitrogens with zero attached hydrogens (tertiary/aromatic N) is 2. The van der Waals surface area contributed by atoms with Crippen LogP contribution in [-0.4, -0.2) is 37.0 Å². The second-order valence-corrected chi connectivity index (χ2v) is 5.93. The number of carbonyl (C=O) groups excluding carboxylic acids is 2. The summed E-state index contributed by atoms with van der Waals surface area (Å²) in [6.07, 6.45) is 0. The summed E-state index contributed by atoms with van der Waals surface area (Å²) in [7, 11) is 1.39. The second-order valence-electron chi connectivity index (χ2n) is 5.93. The molecule has 0 fully saturated rings. The third-order valence-electron chi connectivity index (χ3n) is 4.03. The molecule has 1 N–H and O–H groups in total. The van der Waals surface area contributed by atoms with Gasteiger partial charge >= 0.3 is 0 Å². The van der Waals surface area contributed by atoms with E-state index >= 15 is 0 Å². The molecule has 27 heavy (non-hydrogen) atoms. The van der Waals surface area contributed by atoms with Crippen molar-refractivity contribution in [2.75, 3.05) is 30.5 Å². The zero-order chi connectivity index (χ0) is 19.6. The van der Waals surface area contributed by atoms with Crippen molar-refractivity contribution in [3.05, 3.63) is 52.1 Å². The number of aryl methyl sites for hydroxylation is 1. The SMILES string of the molecule is COc1ccc(NC(=O)CN2C(=O)COc3ccc(C)cc32)c([N+](=O)[O-])c1. The van der Waals surface area contributed by atoms with Crippen molar-refractivity contribution in [2.45, 2.75) is 6.92 Å². The van der Waals surface area contributed by atoms with E-state index in [-0.39, 0.29) is 30.4 Å². The molecule has 0 atom stereocenters. The van der Waals surface area contributed by atoms with Crippen molar-refractivity contribution in [2.24, 2.45) is 0 Å². The maximum Gasteiger partial charge on any atom is 0.296 e. The minimum absolute atomic E-state index is 0.0241. The molecule has 0 radical (unpaired) electrons. The zero-order valence-electron chi connectivity index (χ0n) is 14.7. The van der Waals surface area contributed by atoms with Crippen LogP contribution >= 0.6 is 0 Å². The van der Waals surface area contributed by atoms with Gasteiger partial charge in [0.25, 0.3) is 11.6 Å². The van der Waals surface area contributed by atoms with Crippen LogP contribution < -0.4 is 19.7 Å². The topological polar surface area (TPSA) is 111 Å². The molecular weight excluding hydrogens is 354 g/mol. The van der Waals surface area contributed by atoms with E-state index in [4.69, 9.17) is 9.47 Å². The number of nitro benzene ring substituents is 1. The maximum atomic E-state index is 12.5. The Hall–Kier alpha value is -3.62. The van der Waals surface area contributed by atoms with Gasteiger partial charge in [-0.15, -0.1) is 0 Å². The summed E-state index contributed by atoms with van der Waals surface area (Å²) in [5.74, 6) is -0.130. The van der Waals surface area contributed by atoms with Crippen molar-refractivity contribution in [3.63, 3.8) is 0 Å². The molecule has 3 rings (SSSR count). The van der Waals surface area contributed by atoms with Crippen molar-refractivity contribution in [1.82, 2.24) is 0 Å². The molecule has 2 amide bonds. The third-order valence-corrected chi connectivity index (χ3v) is 4.03. The van der Waals surface area contributed by atoms with E-state index in [1.807, 2.05) is 13.0 Å². The number of anilines is 2. The first kappa shape index (κ1) is 18.2. The Morgan fingerprint density at radius 3 is 2.81 bits per heavy atom. The fourth-order valence-electron chi connectivity index (χ4n) is 2.71. The molecule has 0 aromatic heterocycles. The molecule has 1 heterocycles. The summed E-state index contributed by atoms with van der Waals surface area (Å²) < 4.78 is 10.3. The predicted octanol–water partition coefficient (Wildman–Crippen LogP) is 2.28. The second kappa shape index (κ2) is 7.32. The highest BCUT2D eigenvalue weighted by molar-refractivity contribution is 6.05. The van der Waals surface area contributed by atoms with Crippen molar-refractivity contribution >= 4 is 28.9 Å². The molecule has 0 unspecified atom stereocenters. The lowest BCUT2D eigenvalue weighted by molar-refractivity contribution is -0.384. The smallest absolute Gasteiger partial charge is 0.296 e. The van der Waals surface area contributed by atoms with Gasteiger partial charge in [-0.3, -0.25) is 24.6 Å². The molecule has 0 spiro atoms. The number of ether oxygens (including phenoxy) is 2. The van der Waals surface area contributed by atoms with Gasteiger partial charge in [0.1, 0.15) is 23.7 Å². The Labute approximate surface area is 154 Å². The number of amides is 2. The van der Waals surface area contributed by atoms with Gasteiger partial charge in [0.05, 0.1) is 23.8 Å². The highest BCUT2D eigenvalue weighted by Gasteiger charge is 2.28. The number of fused-ring (bicyclic) bond motifs is 1. The Morgan fingerprint density at radius 2 is 2.11 bits per heavy atom. The van der Waals surface area contributed by atoms with Crippen LogP contribution in [0, 0.1) is 17.0 Å². The number of benzene rings is 2. The summed E-state index contributed by atoms with van der Waals surface area (Å²) >= 11 is 0. The normalized spacial score (nSPS) is 12.8. The van der Waals surface area contributed by atoms with Crippen LogP contribution in [0.2, 0.25) is 0 Å². The number of carbonyl (C=O) groups is 2. The van der Waals surface area contributed by atoms with Gasteiger partial charge in [0.15, 0.2) is 6.61 Å². The van der Waals surface area contributed by atoms with E-state index in [1.165, 1.54) is 30.2 Å². The van der Waals surface area contributed by atoms with Gasteiger partial charge < -0.3 is 14.8 Å². The highest BCUT2D eigenvalue weighted by atomic mass is 16.6. The molecule has 9 heteroatoms. The summed E-state index contributed by atoms with van der Waals surface area (Å²) in [6, 6.07) is 9.42. The summed E-state index contributed by atoms with van der Waals surface area (Å²) in [5.41, 5.74) is 1.12. The lowest BCUT2D eigenvalue weighted by Gasteiger charge is -2.29. The Kier molecular flexibility index (Phi) is 4.93. The first-order chi connectivity index (χ1) is 12.9. The molecule has 1 aliphatic rings.